The maximum Gasteiger partial charge on any atom is 0.121 e. The summed E-state index contributed by atoms with van der Waals surface area (Å²) < 4.78 is 5.25. The lowest BCUT2D eigenvalue weighted by Gasteiger charge is -2.32. The molecule has 3 heteroatoms. The molecule has 1 atom stereocenters. The lowest BCUT2D eigenvalue weighted by molar-refractivity contribution is 0.00888. The van der Waals surface area contributed by atoms with Crippen LogP contribution in [0.15, 0.2) is 18.2 Å². The molecule has 0 amide bonds. The molecule has 1 fully saturated rings. The van der Waals surface area contributed by atoms with Crippen LogP contribution in [0.4, 0.5) is 0 Å². The summed E-state index contributed by atoms with van der Waals surface area (Å²) in [5, 5.41) is 13.7. The normalized spacial score (nSPS) is 23.9. The van der Waals surface area contributed by atoms with E-state index in [9.17, 15) is 5.11 Å². The fraction of sp³-hybridized carbons (Fsp3) is 0.600. The van der Waals surface area contributed by atoms with Gasteiger partial charge in [-0.15, -0.1) is 0 Å². The Kier molecular flexibility index (Phi) is 4.25. The number of nitrogens with one attached hydrogen (secondary N) is 1. The lowest BCUT2D eigenvalue weighted by Crippen LogP contribution is -2.45. The molecular weight excluding hydrogens is 226 g/mol. The van der Waals surface area contributed by atoms with Crippen molar-refractivity contribution in [3.05, 3.63) is 29.3 Å². The van der Waals surface area contributed by atoms with E-state index < -0.39 is 5.60 Å². The fourth-order valence-electron chi connectivity index (χ4n) is 2.64. The zero-order valence-corrected chi connectivity index (χ0v) is 11.3. The molecule has 1 unspecified atom stereocenters. The molecule has 2 N–H and O–H groups in total. The Morgan fingerprint density at radius 1 is 1.44 bits per heavy atom. The van der Waals surface area contributed by atoms with Crippen molar-refractivity contribution in [1.29, 1.82) is 0 Å². The SMILES string of the molecule is COc1ccc(CCC2(O)CCCNC2)cc1C. The van der Waals surface area contributed by atoms with Crippen LogP contribution < -0.4 is 10.1 Å². The van der Waals surface area contributed by atoms with Gasteiger partial charge in [0.05, 0.1) is 12.7 Å². The van der Waals surface area contributed by atoms with Crippen molar-refractivity contribution in [1.82, 2.24) is 5.32 Å². The number of aliphatic hydroxyl groups is 1. The number of hydrogen-bond donors (Lipinski definition) is 2. The van der Waals surface area contributed by atoms with Crippen LogP contribution in [-0.2, 0) is 6.42 Å². The van der Waals surface area contributed by atoms with Crippen molar-refractivity contribution in [2.24, 2.45) is 0 Å². The van der Waals surface area contributed by atoms with Crippen LogP contribution in [0.5, 0.6) is 5.75 Å². The number of benzene rings is 1. The number of aryl methyl sites for hydroxylation is 2. The molecule has 1 aliphatic heterocycles. The van der Waals surface area contributed by atoms with Gasteiger partial charge >= 0.3 is 0 Å². The quantitative estimate of drug-likeness (QED) is 0.858. The van der Waals surface area contributed by atoms with E-state index >= 15 is 0 Å². The van der Waals surface area contributed by atoms with Crippen LogP contribution >= 0.6 is 0 Å². The van der Waals surface area contributed by atoms with Crippen LogP contribution in [0.25, 0.3) is 0 Å². The van der Waals surface area contributed by atoms with Gasteiger partial charge in [0.15, 0.2) is 0 Å². The van der Waals surface area contributed by atoms with Gasteiger partial charge in [0.25, 0.3) is 0 Å². The molecule has 100 valence electrons. The van der Waals surface area contributed by atoms with E-state index in [0.29, 0.717) is 0 Å². The fourth-order valence-corrected chi connectivity index (χ4v) is 2.64. The number of ether oxygens (including phenoxy) is 1. The summed E-state index contributed by atoms with van der Waals surface area (Å²) in [4.78, 5) is 0. The summed E-state index contributed by atoms with van der Waals surface area (Å²) in [6, 6.07) is 6.25. The Morgan fingerprint density at radius 3 is 2.89 bits per heavy atom. The van der Waals surface area contributed by atoms with Gasteiger partial charge in [-0.25, -0.2) is 0 Å². The second kappa shape index (κ2) is 5.72. The van der Waals surface area contributed by atoms with E-state index in [0.717, 1.165) is 50.1 Å². The summed E-state index contributed by atoms with van der Waals surface area (Å²) in [5.74, 6) is 0.928. The van der Waals surface area contributed by atoms with Gasteiger partial charge < -0.3 is 15.2 Å². The molecule has 1 saturated heterocycles. The molecule has 0 radical (unpaired) electrons. The molecule has 3 nitrogen and oxygen atoms in total. The van der Waals surface area contributed by atoms with Gasteiger partial charge in [0.2, 0.25) is 0 Å². The largest absolute Gasteiger partial charge is 0.496 e. The van der Waals surface area contributed by atoms with Crippen LogP contribution in [0.3, 0.4) is 0 Å². The smallest absolute Gasteiger partial charge is 0.121 e. The number of piperidine rings is 1. The summed E-state index contributed by atoms with van der Waals surface area (Å²) in [7, 11) is 1.69. The van der Waals surface area contributed by atoms with Crippen molar-refractivity contribution in [2.75, 3.05) is 20.2 Å². The van der Waals surface area contributed by atoms with Crippen LogP contribution in [0.1, 0.15) is 30.4 Å². The summed E-state index contributed by atoms with van der Waals surface area (Å²) in [6.07, 6.45) is 3.72. The van der Waals surface area contributed by atoms with E-state index in [4.69, 9.17) is 4.74 Å². The zero-order valence-electron chi connectivity index (χ0n) is 11.3. The first kappa shape index (κ1) is 13.4. The molecule has 1 aliphatic rings. The standard InChI is InChI=1S/C15H23NO2/c1-12-10-13(4-5-14(12)18-2)6-8-15(17)7-3-9-16-11-15/h4-5,10,16-17H,3,6-9,11H2,1-2H3. The third-order valence-electron chi connectivity index (χ3n) is 3.79. The minimum Gasteiger partial charge on any atom is -0.496 e. The van der Waals surface area contributed by atoms with Gasteiger partial charge in [-0.1, -0.05) is 12.1 Å². The second-order valence-corrected chi connectivity index (χ2v) is 5.31. The second-order valence-electron chi connectivity index (χ2n) is 5.31. The Bertz CT molecular complexity index is 397. The number of β-amino-alcohol motifs (C(OH)–C–C–N with tert-alkyl or cyclic N) is 1. The van der Waals surface area contributed by atoms with Gasteiger partial charge in [-0.2, -0.15) is 0 Å². The van der Waals surface area contributed by atoms with Gasteiger partial charge in [0, 0.05) is 6.54 Å². The van der Waals surface area contributed by atoms with Crippen molar-refractivity contribution in [2.45, 2.75) is 38.2 Å². The molecule has 0 bridgehead atoms. The van der Waals surface area contributed by atoms with Crippen molar-refractivity contribution >= 4 is 0 Å². The lowest BCUT2D eigenvalue weighted by atomic mass is 9.88. The number of rotatable bonds is 4. The van der Waals surface area contributed by atoms with Crippen LogP contribution in [-0.4, -0.2) is 30.9 Å². The highest BCUT2D eigenvalue weighted by Gasteiger charge is 2.28. The molecule has 0 spiro atoms. The minimum absolute atomic E-state index is 0.522. The van der Waals surface area contributed by atoms with E-state index in [1.807, 2.05) is 6.07 Å². The zero-order chi connectivity index (χ0) is 13.0. The number of methoxy groups -OCH3 is 1. The highest BCUT2D eigenvalue weighted by atomic mass is 16.5. The third-order valence-corrected chi connectivity index (χ3v) is 3.79. The van der Waals surface area contributed by atoms with E-state index in [-0.39, 0.29) is 0 Å². The van der Waals surface area contributed by atoms with Crippen molar-refractivity contribution < 1.29 is 9.84 Å². The first-order valence-corrected chi connectivity index (χ1v) is 6.70. The van der Waals surface area contributed by atoms with Crippen LogP contribution in [0.2, 0.25) is 0 Å². The summed E-state index contributed by atoms with van der Waals surface area (Å²) in [6.45, 7) is 3.81. The summed E-state index contributed by atoms with van der Waals surface area (Å²) in [5.41, 5.74) is 1.91. The predicted octanol–water partition coefficient (Wildman–Crippen LogP) is 2.05. The highest BCUT2D eigenvalue weighted by Crippen LogP contribution is 2.24. The minimum atomic E-state index is -0.522. The van der Waals surface area contributed by atoms with Crippen LogP contribution in [0, 0.1) is 6.92 Å². The molecule has 1 aromatic rings. The Hall–Kier alpha value is -1.06. The van der Waals surface area contributed by atoms with Gasteiger partial charge in [-0.3, -0.25) is 0 Å². The maximum absolute atomic E-state index is 10.4. The molecule has 1 aromatic carbocycles. The van der Waals surface area contributed by atoms with Gasteiger partial charge in [0.1, 0.15) is 5.75 Å². The summed E-state index contributed by atoms with van der Waals surface area (Å²) >= 11 is 0. The topological polar surface area (TPSA) is 41.5 Å². The van der Waals surface area contributed by atoms with E-state index in [1.54, 1.807) is 7.11 Å². The van der Waals surface area contributed by atoms with Crippen molar-refractivity contribution in [3.63, 3.8) is 0 Å². The Balaban J connectivity index is 1.95. The first-order chi connectivity index (χ1) is 8.63. The third kappa shape index (κ3) is 3.24. The predicted molar refractivity (Wildman–Crippen MR) is 73.1 cm³/mol. The maximum atomic E-state index is 10.4. The molecule has 18 heavy (non-hydrogen) atoms. The van der Waals surface area contributed by atoms with E-state index in [1.165, 1.54) is 5.56 Å². The first-order valence-electron chi connectivity index (χ1n) is 6.70. The van der Waals surface area contributed by atoms with Crippen molar-refractivity contribution in [3.8, 4) is 5.75 Å². The molecule has 0 aromatic heterocycles. The van der Waals surface area contributed by atoms with Gasteiger partial charge in [-0.05, 0) is 56.3 Å². The molecule has 0 aliphatic carbocycles. The average molecular weight is 249 g/mol. The Labute approximate surface area is 109 Å². The van der Waals surface area contributed by atoms with E-state index in [2.05, 4.69) is 24.4 Å². The average Bonchev–Trinajstić information content (AvgIpc) is 2.38. The molecule has 0 saturated carbocycles. The highest BCUT2D eigenvalue weighted by molar-refractivity contribution is 5.36. The Morgan fingerprint density at radius 2 is 2.28 bits per heavy atom. The number of hydrogen-bond acceptors (Lipinski definition) is 3. The molecule has 1 heterocycles. The molecule has 2 rings (SSSR count). The monoisotopic (exact) mass is 249 g/mol. The molecular formula is C15H23NO2.